The van der Waals surface area contributed by atoms with Gasteiger partial charge in [-0.1, -0.05) is 0 Å². The molecule has 0 fully saturated rings. The first-order chi connectivity index (χ1) is 4.74. The Kier molecular flexibility index (Phi) is 1.62. The first-order valence-electron chi connectivity index (χ1n) is 2.76. The highest BCUT2D eigenvalue weighted by atomic mass is 16.5. The number of nitrogens with zero attached hydrogens (tertiary/aromatic N) is 1. The molecule has 0 amide bonds. The van der Waals surface area contributed by atoms with Crippen LogP contribution < -0.4 is 15.2 Å². The number of hydrogen-bond donors (Lipinski definition) is 1. The van der Waals surface area contributed by atoms with Gasteiger partial charge in [0.05, 0.1) is 12.8 Å². The number of nitrogens with two attached hydrogens (primary N) is 1. The van der Waals surface area contributed by atoms with E-state index in [1.807, 2.05) is 0 Å². The van der Waals surface area contributed by atoms with Crippen LogP contribution in [-0.2, 0) is 0 Å². The van der Waals surface area contributed by atoms with Gasteiger partial charge in [-0.2, -0.15) is 4.73 Å². The average Bonchev–Trinajstić information content (AvgIpc) is 1.94. The molecule has 0 unspecified atom stereocenters. The minimum absolute atomic E-state index is 0.400. The van der Waals surface area contributed by atoms with E-state index in [0.717, 1.165) is 0 Å². The molecular formula is C6H8N2O2. The van der Waals surface area contributed by atoms with Gasteiger partial charge in [-0.15, -0.1) is 0 Å². The highest BCUT2D eigenvalue weighted by molar-refractivity contribution is 5.48. The molecule has 0 bridgehead atoms. The third-order valence-electron chi connectivity index (χ3n) is 1.15. The summed E-state index contributed by atoms with van der Waals surface area (Å²) in [7, 11) is 1.46. The van der Waals surface area contributed by atoms with Gasteiger partial charge in [0.1, 0.15) is 0 Å². The number of anilines is 1. The minimum atomic E-state index is 0.400. The van der Waals surface area contributed by atoms with E-state index in [-0.39, 0.29) is 0 Å². The molecular weight excluding hydrogens is 132 g/mol. The molecule has 2 N–H and O–H groups in total. The second-order valence-corrected chi connectivity index (χ2v) is 1.83. The van der Waals surface area contributed by atoms with Gasteiger partial charge in [-0.05, 0) is 0 Å². The van der Waals surface area contributed by atoms with Crippen LogP contribution in [0.15, 0.2) is 18.5 Å². The Morgan fingerprint density at radius 3 is 2.90 bits per heavy atom. The van der Waals surface area contributed by atoms with Crippen molar-refractivity contribution in [2.75, 3.05) is 12.8 Å². The largest absolute Gasteiger partial charge is 0.619 e. The van der Waals surface area contributed by atoms with Crippen molar-refractivity contribution in [3.8, 4) is 5.75 Å². The SMILES string of the molecule is COc1c[n+]([O-])ccc1N. The molecule has 0 atom stereocenters. The summed E-state index contributed by atoms with van der Waals surface area (Å²) in [5.74, 6) is 0.400. The van der Waals surface area contributed by atoms with Crippen molar-refractivity contribution in [2.45, 2.75) is 0 Å². The summed E-state index contributed by atoms with van der Waals surface area (Å²) in [6.07, 6.45) is 2.59. The minimum Gasteiger partial charge on any atom is -0.619 e. The summed E-state index contributed by atoms with van der Waals surface area (Å²) in [6, 6.07) is 1.49. The van der Waals surface area contributed by atoms with Crippen molar-refractivity contribution in [3.63, 3.8) is 0 Å². The van der Waals surface area contributed by atoms with Gasteiger partial charge in [0, 0.05) is 6.07 Å². The molecule has 0 aliphatic rings. The van der Waals surface area contributed by atoms with Crippen LogP contribution in [0.3, 0.4) is 0 Å². The molecule has 0 aliphatic heterocycles. The van der Waals surface area contributed by atoms with Crippen LogP contribution in [0.25, 0.3) is 0 Å². The molecule has 0 saturated heterocycles. The highest BCUT2D eigenvalue weighted by Gasteiger charge is 2.00. The van der Waals surface area contributed by atoms with Crippen LogP contribution in [0, 0.1) is 5.21 Å². The lowest BCUT2D eigenvalue weighted by atomic mass is 10.4. The van der Waals surface area contributed by atoms with Gasteiger partial charge in [0.25, 0.3) is 0 Å². The van der Waals surface area contributed by atoms with Crippen molar-refractivity contribution in [2.24, 2.45) is 0 Å². The Bertz CT molecular complexity index is 237. The average molecular weight is 140 g/mol. The number of methoxy groups -OCH3 is 1. The van der Waals surface area contributed by atoms with Crippen molar-refractivity contribution in [1.29, 1.82) is 0 Å². The monoisotopic (exact) mass is 140 g/mol. The van der Waals surface area contributed by atoms with E-state index in [0.29, 0.717) is 16.2 Å². The van der Waals surface area contributed by atoms with Gasteiger partial charge in [0.2, 0.25) is 11.9 Å². The van der Waals surface area contributed by atoms with Gasteiger partial charge in [0.15, 0.2) is 6.20 Å². The number of pyridine rings is 1. The summed E-state index contributed by atoms with van der Waals surface area (Å²) >= 11 is 0. The molecule has 4 heteroatoms. The zero-order valence-corrected chi connectivity index (χ0v) is 5.57. The summed E-state index contributed by atoms with van der Waals surface area (Å²) in [5.41, 5.74) is 5.89. The van der Waals surface area contributed by atoms with Crippen LogP contribution in [0.4, 0.5) is 5.69 Å². The van der Waals surface area contributed by atoms with Gasteiger partial charge >= 0.3 is 0 Å². The maximum Gasteiger partial charge on any atom is 0.224 e. The van der Waals surface area contributed by atoms with Gasteiger partial charge < -0.3 is 15.7 Å². The summed E-state index contributed by atoms with van der Waals surface area (Å²) in [5, 5.41) is 10.6. The van der Waals surface area contributed by atoms with E-state index in [1.165, 1.54) is 25.6 Å². The maximum absolute atomic E-state index is 10.6. The molecule has 0 aliphatic carbocycles. The fourth-order valence-corrected chi connectivity index (χ4v) is 0.640. The third-order valence-corrected chi connectivity index (χ3v) is 1.15. The Balaban J connectivity index is 3.09. The first kappa shape index (κ1) is 6.67. The molecule has 54 valence electrons. The molecule has 1 rings (SSSR count). The molecule has 0 aromatic carbocycles. The second-order valence-electron chi connectivity index (χ2n) is 1.83. The molecule has 10 heavy (non-hydrogen) atoms. The fraction of sp³-hybridized carbons (Fsp3) is 0.167. The topological polar surface area (TPSA) is 62.2 Å². The molecule has 1 aromatic rings. The quantitative estimate of drug-likeness (QED) is 0.438. The van der Waals surface area contributed by atoms with Crippen LogP contribution in [-0.4, -0.2) is 7.11 Å². The van der Waals surface area contributed by atoms with E-state index >= 15 is 0 Å². The molecule has 1 heterocycles. The Morgan fingerprint density at radius 1 is 1.70 bits per heavy atom. The van der Waals surface area contributed by atoms with Crippen LogP contribution in [0.5, 0.6) is 5.75 Å². The van der Waals surface area contributed by atoms with Crippen LogP contribution >= 0.6 is 0 Å². The lowest BCUT2D eigenvalue weighted by molar-refractivity contribution is -0.605. The van der Waals surface area contributed by atoms with Crippen LogP contribution in [0.1, 0.15) is 0 Å². The fourth-order valence-electron chi connectivity index (χ4n) is 0.640. The number of aromatic nitrogens is 1. The molecule has 1 aromatic heterocycles. The molecule has 0 radical (unpaired) electrons. The van der Waals surface area contributed by atoms with Crippen molar-refractivity contribution in [3.05, 3.63) is 23.7 Å². The molecule has 4 nitrogen and oxygen atoms in total. The predicted molar refractivity (Wildman–Crippen MR) is 36.4 cm³/mol. The van der Waals surface area contributed by atoms with Gasteiger partial charge in [-0.3, -0.25) is 0 Å². The zero-order chi connectivity index (χ0) is 7.56. The standard InChI is InChI=1S/C6H8N2O2/c1-10-6-4-8(9)3-2-5(6)7/h2-4H,7H2,1H3. The van der Waals surface area contributed by atoms with Gasteiger partial charge in [-0.25, -0.2) is 0 Å². The maximum atomic E-state index is 10.6. The van der Waals surface area contributed by atoms with E-state index < -0.39 is 0 Å². The lowest BCUT2D eigenvalue weighted by Crippen LogP contribution is -2.24. The number of nitrogen functional groups attached to an aromatic ring is 1. The highest BCUT2D eigenvalue weighted by Crippen LogP contribution is 2.15. The van der Waals surface area contributed by atoms with Crippen molar-refractivity contribution >= 4 is 5.69 Å². The Labute approximate surface area is 58.4 Å². The molecule has 0 spiro atoms. The van der Waals surface area contributed by atoms with Crippen molar-refractivity contribution in [1.82, 2.24) is 0 Å². The summed E-state index contributed by atoms with van der Waals surface area (Å²) in [6.45, 7) is 0. The lowest BCUT2D eigenvalue weighted by Gasteiger charge is -2.01. The molecule has 0 saturated carbocycles. The zero-order valence-electron chi connectivity index (χ0n) is 5.57. The summed E-state index contributed by atoms with van der Waals surface area (Å²) < 4.78 is 5.41. The predicted octanol–water partition coefficient (Wildman–Crippen LogP) is -0.0892. The van der Waals surface area contributed by atoms with E-state index in [9.17, 15) is 5.21 Å². The third kappa shape index (κ3) is 1.10. The Hall–Kier alpha value is -1.45. The van der Waals surface area contributed by atoms with E-state index in [4.69, 9.17) is 10.5 Å². The van der Waals surface area contributed by atoms with Crippen LogP contribution in [0.2, 0.25) is 0 Å². The summed E-state index contributed by atoms with van der Waals surface area (Å²) in [4.78, 5) is 0. The number of hydrogen-bond acceptors (Lipinski definition) is 3. The van der Waals surface area contributed by atoms with E-state index in [1.54, 1.807) is 0 Å². The normalized spacial score (nSPS) is 9.30. The number of ether oxygens (including phenoxy) is 1. The van der Waals surface area contributed by atoms with E-state index in [2.05, 4.69) is 0 Å². The Morgan fingerprint density at radius 2 is 2.40 bits per heavy atom. The second kappa shape index (κ2) is 2.43. The smallest absolute Gasteiger partial charge is 0.224 e. The van der Waals surface area contributed by atoms with Crippen molar-refractivity contribution < 1.29 is 9.47 Å². The first-order valence-corrected chi connectivity index (χ1v) is 2.76. The number of rotatable bonds is 1.